The van der Waals surface area contributed by atoms with Crippen LogP contribution in [0, 0.1) is 0 Å². The summed E-state index contributed by atoms with van der Waals surface area (Å²) in [6.45, 7) is 0.997. The van der Waals surface area contributed by atoms with E-state index in [0.29, 0.717) is 18.9 Å². The number of methoxy groups -OCH3 is 1. The molecule has 0 unspecified atom stereocenters. The van der Waals surface area contributed by atoms with Crippen LogP contribution in [0.1, 0.15) is 11.4 Å². The van der Waals surface area contributed by atoms with Gasteiger partial charge in [0.2, 0.25) is 0 Å². The van der Waals surface area contributed by atoms with E-state index in [-0.39, 0.29) is 24.8 Å². The number of nitrogens with one attached hydrogen (secondary N) is 1. The highest BCUT2D eigenvalue weighted by Gasteiger charge is 2.06. The molecule has 0 saturated carbocycles. The summed E-state index contributed by atoms with van der Waals surface area (Å²) in [5.74, 6) is 2.29. The molecule has 0 spiro atoms. The third-order valence-electron chi connectivity index (χ3n) is 3.45. The molecule has 0 aliphatic heterocycles. The fourth-order valence-electron chi connectivity index (χ4n) is 2.28. The van der Waals surface area contributed by atoms with Crippen molar-refractivity contribution in [2.75, 3.05) is 12.4 Å². The first kappa shape index (κ1) is 20.0. The van der Waals surface area contributed by atoms with E-state index in [1.165, 1.54) is 0 Å². The number of aromatic nitrogens is 2. The first-order valence-corrected chi connectivity index (χ1v) is 7.12. The summed E-state index contributed by atoms with van der Waals surface area (Å²) in [4.78, 5) is 8.94. The van der Waals surface area contributed by atoms with Crippen molar-refractivity contribution >= 4 is 41.5 Å². The summed E-state index contributed by atoms with van der Waals surface area (Å²) < 4.78 is 5.16. The predicted molar refractivity (Wildman–Crippen MR) is 102 cm³/mol. The van der Waals surface area contributed by atoms with E-state index < -0.39 is 0 Å². The van der Waals surface area contributed by atoms with Gasteiger partial charge in [-0.15, -0.1) is 24.8 Å². The Morgan fingerprint density at radius 2 is 1.71 bits per heavy atom. The number of anilines is 1. The lowest BCUT2D eigenvalue weighted by molar-refractivity contribution is 0.414. The summed E-state index contributed by atoms with van der Waals surface area (Å²) in [7, 11) is 1.66. The maximum Gasteiger partial charge on any atom is 0.144 e. The van der Waals surface area contributed by atoms with Gasteiger partial charge in [-0.3, -0.25) is 0 Å². The lowest BCUT2D eigenvalue weighted by atomic mass is 10.2. The van der Waals surface area contributed by atoms with Gasteiger partial charge in [-0.25, -0.2) is 9.97 Å². The van der Waals surface area contributed by atoms with E-state index in [4.69, 9.17) is 10.5 Å². The third kappa shape index (κ3) is 4.47. The van der Waals surface area contributed by atoms with Gasteiger partial charge in [0.05, 0.1) is 19.2 Å². The van der Waals surface area contributed by atoms with Crippen LogP contribution in [0.4, 0.5) is 5.82 Å². The van der Waals surface area contributed by atoms with Crippen molar-refractivity contribution in [1.29, 1.82) is 0 Å². The third-order valence-corrected chi connectivity index (χ3v) is 3.45. The Kier molecular flexibility index (Phi) is 7.71. The topological polar surface area (TPSA) is 73.1 Å². The second-order valence-electron chi connectivity index (χ2n) is 4.91. The molecule has 0 amide bonds. The van der Waals surface area contributed by atoms with Gasteiger partial charge in [0, 0.05) is 11.9 Å². The number of para-hydroxylation sites is 1. The van der Waals surface area contributed by atoms with Crippen molar-refractivity contribution in [2.24, 2.45) is 5.73 Å². The smallest absolute Gasteiger partial charge is 0.144 e. The molecule has 7 heteroatoms. The SMILES string of the molecule is COc1ccc(CNc2nc(CN)nc3ccccc23)cc1.Cl.Cl. The molecule has 24 heavy (non-hydrogen) atoms. The highest BCUT2D eigenvalue weighted by Crippen LogP contribution is 2.21. The molecule has 0 radical (unpaired) electrons. The molecule has 0 aliphatic rings. The quantitative estimate of drug-likeness (QED) is 0.722. The molecule has 0 bridgehead atoms. The minimum atomic E-state index is 0. The van der Waals surface area contributed by atoms with Gasteiger partial charge in [-0.2, -0.15) is 0 Å². The van der Waals surface area contributed by atoms with E-state index in [1.54, 1.807) is 7.11 Å². The number of hydrogen-bond acceptors (Lipinski definition) is 5. The summed E-state index contributed by atoms with van der Waals surface area (Å²) >= 11 is 0. The van der Waals surface area contributed by atoms with Crippen LogP contribution in [0.5, 0.6) is 5.75 Å². The summed E-state index contributed by atoms with van der Waals surface area (Å²) in [5, 5.41) is 4.36. The average molecular weight is 367 g/mol. The van der Waals surface area contributed by atoms with Crippen LogP contribution >= 0.6 is 24.8 Å². The van der Waals surface area contributed by atoms with Crippen LogP contribution in [0.15, 0.2) is 48.5 Å². The number of nitrogens with zero attached hydrogens (tertiary/aromatic N) is 2. The summed E-state index contributed by atoms with van der Waals surface area (Å²) in [6.07, 6.45) is 0. The number of halogens is 2. The van der Waals surface area contributed by atoms with Crippen molar-refractivity contribution < 1.29 is 4.74 Å². The number of benzene rings is 2. The Morgan fingerprint density at radius 3 is 2.38 bits per heavy atom. The Morgan fingerprint density at radius 1 is 1.00 bits per heavy atom. The number of hydrogen-bond donors (Lipinski definition) is 2. The van der Waals surface area contributed by atoms with Gasteiger partial charge in [-0.05, 0) is 29.8 Å². The number of rotatable bonds is 5. The molecule has 0 saturated heterocycles. The summed E-state index contributed by atoms with van der Waals surface area (Å²) in [6, 6.07) is 15.9. The normalized spacial score (nSPS) is 9.75. The molecule has 5 nitrogen and oxygen atoms in total. The van der Waals surface area contributed by atoms with E-state index in [9.17, 15) is 0 Å². The van der Waals surface area contributed by atoms with Crippen LogP contribution in [0.25, 0.3) is 10.9 Å². The highest BCUT2D eigenvalue weighted by atomic mass is 35.5. The van der Waals surface area contributed by atoms with Gasteiger partial charge in [-0.1, -0.05) is 24.3 Å². The Hall–Kier alpha value is -2.08. The molecule has 0 aliphatic carbocycles. The van der Waals surface area contributed by atoms with E-state index in [0.717, 1.165) is 28.0 Å². The molecule has 3 aromatic rings. The molecule has 3 rings (SSSR count). The predicted octanol–water partition coefficient (Wildman–Crippen LogP) is 3.55. The average Bonchev–Trinajstić information content (AvgIpc) is 2.59. The molecule has 128 valence electrons. The molecular formula is C17H20Cl2N4O. The van der Waals surface area contributed by atoms with E-state index in [2.05, 4.69) is 15.3 Å². The fraction of sp³-hybridized carbons (Fsp3) is 0.176. The molecule has 0 atom stereocenters. The minimum absolute atomic E-state index is 0. The summed E-state index contributed by atoms with van der Waals surface area (Å²) in [5.41, 5.74) is 7.73. The van der Waals surface area contributed by atoms with Gasteiger partial charge in [0.15, 0.2) is 0 Å². The Balaban J connectivity index is 0.00000144. The first-order valence-electron chi connectivity index (χ1n) is 7.12. The maximum atomic E-state index is 5.68. The number of ether oxygens (including phenoxy) is 1. The fourth-order valence-corrected chi connectivity index (χ4v) is 2.28. The van der Waals surface area contributed by atoms with Crippen LogP contribution in [0.2, 0.25) is 0 Å². The standard InChI is InChI=1S/C17H18N4O.2ClH/c1-22-13-8-6-12(7-9-13)11-19-17-14-4-2-3-5-15(14)20-16(10-18)21-17;;/h2-9H,10-11,18H2,1H3,(H,19,20,21);2*1H. The number of nitrogens with two attached hydrogens (primary N) is 1. The zero-order chi connectivity index (χ0) is 15.4. The second-order valence-corrected chi connectivity index (χ2v) is 4.91. The van der Waals surface area contributed by atoms with Crippen LogP contribution in [-0.2, 0) is 13.1 Å². The van der Waals surface area contributed by atoms with Crippen molar-refractivity contribution in [3.05, 3.63) is 59.9 Å². The van der Waals surface area contributed by atoms with Crippen LogP contribution in [-0.4, -0.2) is 17.1 Å². The van der Waals surface area contributed by atoms with Gasteiger partial charge in [0.25, 0.3) is 0 Å². The van der Waals surface area contributed by atoms with E-state index >= 15 is 0 Å². The minimum Gasteiger partial charge on any atom is -0.497 e. The van der Waals surface area contributed by atoms with Gasteiger partial charge < -0.3 is 15.8 Å². The molecule has 3 N–H and O–H groups in total. The van der Waals surface area contributed by atoms with Gasteiger partial charge in [0.1, 0.15) is 17.4 Å². The molecule has 0 fully saturated rings. The van der Waals surface area contributed by atoms with Crippen molar-refractivity contribution in [3.63, 3.8) is 0 Å². The van der Waals surface area contributed by atoms with Crippen molar-refractivity contribution in [3.8, 4) is 5.75 Å². The highest BCUT2D eigenvalue weighted by molar-refractivity contribution is 5.89. The van der Waals surface area contributed by atoms with E-state index in [1.807, 2.05) is 48.5 Å². The van der Waals surface area contributed by atoms with Crippen molar-refractivity contribution in [1.82, 2.24) is 9.97 Å². The molecule has 2 aromatic carbocycles. The zero-order valence-electron chi connectivity index (χ0n) is 13.2. The van der Waals surface area contributed by atoms with Gasteiger partial charge >= 0.3 is 0 Å². The molecular weight excluding hydrogens is 347 g/mol. The lowest BCUT2D eigenvalue weighted by Gasteiger charge is -2.10. The molecule has 1 heterocycles. The number of fused-ring (bicyclic) bond motifs is 1. The zero-order valence-corrected chi connectivity index (χ0v) is 14.9. The Bertz CT molecular complexity index is 781. The monoisotopic (exact) mass is 366 g/mol. The lowest BCUT2D eigenvalue weighted by Crippen LogP contribution is -2.08. The van der Waals surface area contributed by atoms with Crippen molar-refractivity contribution in [2.45, 2.75) is 13.1 Å². The molecule has 1 aromatic heterocycles. The second kappa shape index (κ2) is 9.27. The maximum absolute atomic E-state index is 5.68. The van der Waals surface area contributed by atoms with Crippen LogP contribution in [0.3, 0.4) is 0 Å². The first-order chi connectivity index (χ1) is 10.8. The Labute approximate surface area is 153 Å². The largest absolute Gasteiger partial charge is 0.497 e. The van der Waals surface area contributed by atoms with Crippen LogP contribution < -0.4 is 15.8 Å².